The first-order chi connectivity index (χ1) is 28.3. The lowest BCUT2D eigenvalue weighted by molar-refractivity contribution is 0.669. The minimum absolute atomic E-state index is 0.453. The third-order valence-corrected chi connectivity index (χ3v) is 12.3. The van der Waals surface area contributed by atoms with Crippen LogP contribution in [0.2, 0.25) is 0 Å². The Morgan fingerprint density at radius 2 is 0.877 bits per heavy atom. The smallest absolute Gasteiger partial charge is 0.136 e. The fourth-order valence-electron chi connectivity index (χ4n) is 10.1. The van der Waals surface area contributed by atoms with Crippen LogP contribution in [0.15, 0.2) is 217 Å². The van der Waals surface area contributed by atoms with Crippen molar-refractivity contribution in [2.45, 2.75) is 5.41 Å². The quantitative estimate of drug-likeness (QED) is 0.176. The zero-order chi connectivity index (χ0) is 37.5. The largest absolute Gasteiger partial charge is 0.456 e. The number of fused-ring (bicyclic) bond motifs is 13. The van der Waals surface area contributed by atoms with Gasteiger partial charge in [0.1, 0.15) is 11.2 Å². The van der Waals surface area contributed by atoms with Gasteiger partial charge < -0.3 is 9.32 Å². The van der Waals surface area contributed by atoms with Gasteiger partial charge in [0.25, 0.3) is 0 Å². The van der Waals surface area contributed by atoms with Gasteiger partial charge in [0.15, 0.2) is 0 Å². The van der Waals surface area contributed by atoms with E-state index < -0.39 is 5.41 Å². The minimum atomic E-state index is -0.453. The number of hydrogen-bond donors (Lipinski definition) is 0. The molecule has 2 nitrogen and oxygen atoms in total. The van der Waals surface area contributed by atoms with Crippen LogP contribution < -0.4 is 4.90 Å². The van der Waals surface area contributed by atoms with Crippen LogP contribution in [0, 0.1) is 0 Å². The van der Waals surface area contributed by atoms with Crippen molar-refractivity contribution in [3.8, 4) is 44.5 Å². The molecular formula is C55H35NO. The molecule has 57 heavy (non-hydrogen) atoms. The van der Waals surface area contributed by atoms with Crippen LogP contribution in [0.25, 0.3) is 66.4 Å². The van der Waals surface area contributed by atoms with Gasteiger partial charge in [-0.25, -0.2) is 0 Å². The molecule has 12 rings (SSSR count). The Morgan fingerprint density at radius 3 is 1.54 bits per heavy atom. The van der Waals surface area contributed by atoms with E-state index in [0.717, 1.165) is 50.1 Å². The molecule has 1 spiro atoms. The second-order valence-corrected chi connectivity index (χ2v) is 15.1. The number of benzene rings is 9. The molecule has 0 radical (unpaired) electrons. The molecule has 0 saturated carbocycles. The molecule has 9 aromatic carbocycles. The first kappa shape index (κ1) is 31.9. The highest BCUT2D eigenvalue weighted by Crippen LogP contribution is 2.63. The van der Waals surface area contributed by atoms with Crippen molar-refractivity contribution < 1.29 is 4.42 Å². The van der Waals surface area contributed by atoms with Crippen LogP contribution in [0.4, 0.5) is 17.1 Å². The summed E-state index contributed by atoms with van der Waals surface area (Å²) in [6.07, 6.45) is 0. The van der Waals surface area contributed by atoms with Gasteiger partial charge in [0.05, 0.1) is 11.1 Å². The monoisotopic (exact) mass is 725 g/mol. The van der Waals surface area contributed by atoms with Crippen LogP contribution in [0.5, 0.6) is 0 Å². The molecule has 0 atom stereocenters. The summed E-state index contributed by atoms with van der Waals surface area (Å²) in [5.41, 5.74) is 19.7. The summed E-state index contributed by atoms with van der Waals surface area (Å²) in [4.78, 5) is 2.46. The summed E-state index contributed by atoms with van der Waals surface area (Å²) in [5.74, 6) is 0. The van der Waals surface area contributed by atoms with Crippen molar-refractivity contribution in [3.05, 3.63) is 235 Å². The van der Waals surface area contributed by atoms with Crippen molar-refractivity contribution in [3.63, 3.8) is 0 Å². The van der Waals surface area contributed by atoms with Gasteiger partial charge in [-0.1, -0.05) is 170 Å². The van der Waals surface area contributed by atoms with Gasteiger partial charge in [-0.3, -0.25) is 0 Å². The highest BCUT2D eigenvalue weighted by atomic mass is 16.3. The van der Waals surface area contributed by atoms with E-state index in [4.69, 9.17) is 4.42 Å². The highest BCUT2D eigenvalue weighted by Gasteiger charge is 2.51. The Hall–Kier alpha value is -7.42. The number of hydrogen-bond acceptors (Lipinski definition) is 2. The predicted molar refractivity (Wildman–Crippen MR) is 236 cm³/mol. The molecule has 266 valence electrons. The van der Waals surface area contributed by atoms with E-state index in [1.54, 1.807) is 0 Å². The van der Waals surface area contributed by atoms with E-state index in [9.17, 15) is 0 Å². The van der Waals surface area contributed by atoms with Crippen LogP contribution >= 0.6 is 0 Å². The third kappa shape index (κ3) is 4.47. The molecule has 0 bridgehead atoms. The van der Waals surface area contributed by atoms with Gasteiger partial charge in [0, 0.05) is 27.7 Å². The summed E-state index contributed by atoms with van der Waals surface area (Å²) in [6.45, 7) is 0. The number of furan rings is 1. The Kier molecular flexibility index (Phi) is 6.88. The maximum absolute atomic E-state index is 6.61. The second-order valence-electron chi connectivity index (χ2n) is 15.1. The number of para-hydroxylation sites is 2. The molecule has 0 amide bonds. The molecule has 2 aliphatic carbocycles. The number of nitrogens with zero attached hydrogens (tertiary/aromatic N) is 1. The lowest BCUT2D eigenvalue weighted by Crippen LogP contribution is -2.26. The van der Waals surface area contributed by atoms with Crippen LogP contribution in [0.1, 0.15) is 22.3 Å². The molecule has 0 aliphatic heterocycles. The minimum Gasteiger partial charge on any atom is -0.456 e. The Balaban J connectivity index is 1.18. The van der Waals surface area contributed by atoms with Crippen LogP contribution in [-0.4, -0.2) is 0 Å². The average molecular weight is 726 g/mol. The highest BCUT2D eigenvalue weighted by molar-refractivity contribution is 6.17. The summed E-state index contributed by atoms with van der Waals surface area (Å²) >= 11 is 0. The molecule has 10 aromatic rings. The fraction of sp³-hybridized carbons (Fsp3) is 0.0182. The van der Waals surface area contributed by atoms with E-state index in [2.05, 4.69) is 217 Å². The summed E-state index contributed by atoms with van der Waals surface area (Å²) < 4.78 is 6.61. The van der Waals surface area contributed by atoms with E-state index in [1.807, 2.05) is 0 Å². The molecular weight excluding hydrogens is 691 g/mol. The van der Waals surface area contributed by atoms with Crippen molar-refractivity contribution in [2.75, 3.05) is 4.90 Å². The molecule has 0 saturated heterocycles. The molecule has 0 unspecified atom stereocenters. The zero-order valence-electron chi connectivity index (χ0n) is 31.1. The van der Waals surface area contributed by atoms with Crippen LogP contribution in [0.3, 0.4) is 0 Å². The SMILES string of the molecule is c1ccc(-c2ccccc2-c2c(N(c3ccccc3)c3ccc4c(c3)C3(c5ccccc5-c5ccccc53)c3ccccc3-4)ccc3oc4ccccc4c23)cc1. The number of rotatable bonds is 5. The van der Waals surface area contributed by atoms with E-state index >= 15 is 0 Å². The molecule has 2 aliphatic rings. The molecule has 0 N–H and O–H groups in total. The summed E-state index contributed by atoms with van der Waals surface area (Å²) in [7, 11) is 0. The van der Waals surface area contributed by atoms with Gasteiger partial charge >= 0.3 is 0 Å². The molecule has 2 heteroatoms. The summed E-state index contributed by atoms with van der Waals surface area (Å²) in [5, 5.41) is 2.21. The second kappa shape index (κ2) is 12.3. The first-order valence-corrected chi connectivity index (χ1v) is 19.7. The molecule has 1 aromatic heterocycles. The maximum atomic E-state index is 6.61. The van der Waals surface area contributed by atoms with Gasteiger partial charge in [0.2, 0.25) is 0 Å². The Labute approximate surface area is 331 Å². The average Bonchev–Trinajstić information content (AvgIpc) is 3.91. The lowest BCUT2D eigenvalue weighted by Gasteiger charge is -2.33. The van der Waals surface area contributed by atoms with Gasteiger partial charge in [-0.15, -0.1) is 0 Å². The first-order valence-electron chi connectivity index (χ1n) is 19.7. The molecule has 0 fully saturated rings. The van der Waals surface area contributed by atoms with Crippen LogP contribution in [-0.2, 0) is 5.41 Å². The third-order valence-electron chi connectivity index (χ3n) is 12.3. The van der Waals surface area contributed by atoms with E-state index in [0.29, 0.717) is 0 Å². The van der Waals surface area contributed by atoms with E-state index in [1.165, 1.54) is 55.6 Å². The summed E-state index contributed by atoms with van der Waals surface area (Å²) in [6, 6.07) is 77.4. The van der Waals surface area contributed by atoms with Crippen molar-refractivity contribution >= 4 is 39.0 Å². The van der Waals surface area contributed by atoms with E-state index in [-0.39, 0.29) is 0 Å². The van der Waals surface area contributed by atoms with Gasteiger partial charge in [-0.2, -0.15) is 0 Å². The topological polar surface area (TPSA) is 16.4 Å². The van der Waals surface area contributed by atoms with Crippen molar-refractivity contribution in [2.24, 2.45) is 0 Å². The standard InChI is InChI=1S/C55H35NO/c1-3-17-36(18-4-1)39-21-7-8-25-44(39)53-50(33-34-52-54(53)45-26-12-16-30-51(45)57-52)56(37-19-5-2-6-20-37)38-31-32-43-42-24-11-15-29-48(42)55(49(43)35-38)46-27-13-9-22-40(46)41-23-10-14-28-47(41)55/h1-35H. The Bertz CT molecular complexity index is 3130. The zero-order valence-corrected chi connectivity index (χ0v) is 31.1. The number of anilines is 3. The lowest BCUT2D eigenvalue weighted by atomic mass is 9.70. The fourth-order valence-corrected chi connectivity index (χ4v) is 10.1. The predicted octanol–water partition coefficient (Wildman–Crippen LogP) is 14.7. The normalized spacial score (nSPS) is 13.1. The maximum Gasteiger partial charge on any atom is 0.136 e. The molecule has 1 heterocycles. The Morgan fingerprint density at radius 1 is 0.351 bits per heavy atom. The van der Waals surface area contributed by atoms with Crippen molar-refractivity contribution in [1.82, 2.24) is 0 Å². The van der Waals surface area contributed by atoms with Crippen molar-refractivity contribution in [1.29, 1.82) is 0 Å². The van der Waals surface area contributed by atoms with Gasteiger partial charge in [-0.05, 0) is 104 Å².